The van der Waals surface area contributed by atoms with Crippen LogP contribution in [0.5, 0.6) is 5.75 Å². The number of hydrogen-bond donors (Lipinski definition) is 0. The van der Waals surface area contributed by atoms with Crippen LogP contribution in [-0.2, 0) is 0 Å². The lowest BCUT2D eigenvalue weighted by molar-refractivity contribution is 0.153. The summed E-state index contributed by atoms with van der Waals surface area (Å²) in [6.45, 7) is 1.80. The molecule has 1 aromatic rings. The number of likely N-dealkylation sites (tertiary alicyclic amines) is 1. The number of ether oxygens (including phenoxy) is 1. The summed E-state index contributed by atoms with van der Waals surface area (Å²) >= 11 is 5.93. The zero-order chi connectivity index (χ0) is 13.7. The molecule has 102 valence electrons. The van der Waals surface area contributed by atoms with Crippen LogP contribution in [0.25, 0.3) is 0 Å². The fraction of sp³-hybridized carbons (Fsp3) is 0.533. The molecule has 19 heavy (non-hydrogen) atoms. The fourth-order valence-electron chi connectivity index (χ4n) is 2.52. The highest BCUT2D eigenvalue weighted by Crippen LogP contribution is 2.24. The van der Waals surface area contributed by atoms with Gasteiger partial charge in [-0.2, -0.15) is 5.26 Å². The van der Waals surface area contributed by atoms with E-state index in [0.29, 0.717) is 29.0 Å². The van der Waals surface area contributed by atoms with Gasteiger partial charge in [-0.05, 0) is 45.0 Å². The van der Waals surface area contributed by atoms with Crippen molar-refractivity contribution in [2.45, 2.75) is 31.7 Å². The molecule has 0 spiro atoms. The molecule has 1 atom stereocenters. The minimum atomic E-state index is 0.543. The monoisotopic (exact) mass is 278 g/mol. The second kappa shape index (κ2) is 6.79. The average molecular weight is 279 g/mol. The van der Waals surface area contributed by atoms with Gasteiger partial charge in [-0.15, -0.1) is 0 Å². The predicted molar refractivity (Wildman–Crippen MR) is 76.5 cm³/mol. The summed E-state index contributed by atoms with van der Waals surface area (Å²) in [6.07, 6.45) is 4.82. The van der Waals surface area contributed by atoms with Crippen LogP contribution in [0.2, 0.25) is 5.02 Å². The first-order valence-electron chi connectivity index (χ1n) is 6.73. The quantitative estimate of drug-likeness (QED) is 0.846. The van der Waals surface area contributed by atoms with Crippen molar-refractivity contribution in [3.8, 4) is 11.8 Å². The Balaban J connectivity index is 1.88. The highest BCUT2D eigenvalue weighted by atomic mass is 35.5. The van der Waals surface area contributed by atoms with Crippen LogP contribution in [0.4, 0.5) is 0 Å². The van der Waals surface area contributed by atoms with E-state index in [-0.39, 0.29) is 0 Å². The minimum Gasteiger partial charge on any atom is -0.492 e. The molecular weight excluding hydrogens is 260 g/mol. The molecule has 4 heteroatoms. The van der Waals surface area contributed by atoms with Crippen LogP contribution in [-0.4, -0.2) is 31.1 Å². The van der Waals surface area contributed by atoms with Crippen LogP contribution < -0.4 is 4.74 Å². The van der Waals surface area contributed by atoms with Crippen LogP contribution >= 0.6 is 11.6 Å². The summed E-state index contributed by atoms with van der Waals surface area (Å²) < 4.78 is 5.73. The number of rotatable bonds is 4. The summed E-state index contributed by atoms with van der Waals surface area (Å²) in [5.74, 6) is 0.591. The zero-order valence-corrected chi connectivity index (χ0v) is 12.0. The number of nitrogens with zero attached hydrogens (tertiary/aromatic N) is 2. The molecule has 0 amide bonds. The van der Waals surface area contributed by atoms with Gasteiger partial charge in [-0.25, -0.2) is 0 Å². The van der Waals surface area contributed by atoms with Crippen molar-refractivity contribution in [2.24, 2.45) is 0 Å². The summed E-state index contributed by atoms with van der Waals surface area (Å²) in [6, 6.07) is 7.84. The summed E-state index contributed by atoms with van der Waals surface area (Å²) in [7, 11) is 2.17. The Hall–Kier alpha value is -1.24. The largest absolute Gasteiger partial charge is 0.492 e. The summed E-state index contributed by atoms with van der Waals surface area (Å²) in [5, 5.41) is 9.62. The van der Waals surface area contributed by atoms with Crippen LogP contribution in [0.3, 0.4) is 0 Å². The van der Waals surface area contributed by atoms with E-state index in [4.69, 9.17) is 21.6 Å². The first-order chi connectivity index (χ1) is 9.20. The Morgan fingerprint density at radius 1 is 1.47 bits per heavy atom. The Kier molecular flexibility index (Phi) is 5.07. The van der Waals surface area contributed by atoms with Crippen molar-refractivity contribution < 1.29 is 4.74 Å². The van der Waals surface area contributed by atoms with E-state index in [9.17, 15) is 0 Å². The van der Waals surface area contributed by atoms with Gasteiger partial charge in [0, 0.05) is 17.1 Å². The maximum atomic E-state index is 9.02. The molecular formula is C15H19ClN2O. The lowest BCUT2D eigenvalue weighted by Crippen LogP contribution is -2.37. The molecule has 1 aromatic carbocycles. The first-order valence-corrected chi connectivity index (χ1v) is 7.11. The van der Waals surface area contributed by atoms with Crippen LogP contribution in [0.1, 0.15) is 31.2 Å². The molecule has 1 unspecified atom stereocenters. The van der Waals surface area contributed by atoms with Gasteiger partial charge in [0.2, 0.25) is 0 Å². The van der Waals surface area contributed by atoms with Gasteiger partial charge in [0.25, 0.3) is 0 Å². The van der Waals surface area contributed by atoms with E-state index in [1.165, 1.54) is 25.8 Å². The van der Waals surface area contributed by atoms with Gasteiger partial charge >= 0.3 is 0 Å². The van der Waals surface area contributed by atoms with E-state index >= 15 is 0 Å². The molecule has 3 nitrogen and oxygen atoms in total. The third-order valence-corrected chi connectivity index (χ3v) is 3.93. The predicted octanol–water partition coefficient (Wildman–Crippen LogP) is 3.46. The number of piperidine rings is 1. The number of benzene rings is 1. The third-order valence-electron chi connectivity index (χ3n) is 3.69. The molecule has 0 radical (unpaired) electrons. The van der Waals surface area contributed by atoms with E-state index in [2.05, 4.69) is 18.0 Å². The first kappa shape index (κ1) is 14.2. The Bertz CT molecular complexity index is 470. The zero-order valence-electron chi connectivity index (χ0n) is 11.2. The van der Waals surface area contributed by atoms with Crippen molar-refractivity contribution in [1.29, 1.82) is 5.26 Å². The third kappa shape index (κ3) is 3.86. The van der Waals surface area contributed by atoms with Crippen molar-refractivity contribution >= 4 is 11.6 Å². The summed E-state index contributed by atoms with van der Waals surface area (Å²) in [5.41, 5.74) is 0.543. The van der Waals surface area contributed by atoms with Crippen LogP contribution in [0, 0.1) is 11.3 Å². The molecule has 0 N–H and O–H groups in total. The molecule has 1 saturated heterocycles. The molecule has 2 rings (SSSR count). The van der Waals surface area contributed by atoms with E-state index in [1.54, 1.807) is 18.2 Å². The topological polar surface area (TPSA) is 36.3 Å². The molecule has 0 saturated carbocycles. The van der Waals surface area contributed by atoms with Gasteiger partial charge < -0.3 is 9.64 Å². The van der Waals surface area contributed by atoms with Gasteiger partial charge in [0.05, 0.1) is 12.2 Å². The Labute approximate surface area is 119 Å². The van der Waals surface area contributed by atoms with Crippen molar-refractivity contribution in [1.82, 2.24) is 4.90 Å². The number of halogens is 1. The number of hydrogen-bond acceptors (Lipinski definition) is 3. The molecule has 1 fully saturated rings. The molecule has 0 bridgehead atoms. The SMILES string of the molecule is CN1CCCCC1CCOc1cc(Cl)ccc1C#N. The maximum Gasteiger partial charge on any atom is 0.138 e. The van der Waals surface area contributed by atoms with Crippen LogP contribution in [0.15, 0.2) is 18.2 Å². The standard InChI is InChI=1S/C15H19ClN2O/c1-18-8-3-2-4-14(18)7-9-19-15-10-13(16)6-5-12(15)11-17/h5-6,10,14H,2-4,7-9H2,1H3. The normalized spacial score (nSPS) is 19.9. The van der Waals surface area contributed by atoms with Crippen molar-refractivity contribution in [3.05, 3.63) is 28.8 Å². The van der Waals surface area contributed by atoms with Gasteiger partial charge in [0.1, 0.15) is 11.8 Å². The van der Waals surface area contributed by atoms with Gasteiger partial charge in [-0.3, -0.25) is 0 Å². The molecule has 1 aliphatic rings. The lowest BCUT2D eigenvalue weighted by Gasteiger charge is -2.32. The molecule has 0 aromatic heterocycles. The van der Waals surface area contributed by atoms with E-state index in [0.717, 1.165) is 6.42 Å². The van der Waals surface area contributed by atoms with E-state index in [1.807, 2.05) is 0 Å². The van der Waals surface area contributed by atoms with Gasteiger partial charge in [0.15, 0.2) is 0 Å². The van der Waals surface area contributed by atoms with E-state index < -0.39 is 0 Å². The minimum absolute atomic E-state index is 0.543. The number of nitriles is 1. The smallest absolute Gasteiger partial charge is 0.138 e. The average Bonchev–Trinajstić information content (AvgIpc) is 2.41. The second-order valence-electron chi connectivity index (χ2n) is 5.02. The van der Waals surface area contributed by atoms with Crippen molar-refractivity contribution in [2.75, 3.05) is 20.2 Å². The molecule has 0 aliphatic carbocycles. The van der Waals surface area contributed by atoms with Gasteiger partial charge in [-0.1, -0.05) is 18.0 Å². The fourth-order valence-corrected chi connectivity index (χ4v) is 2.68. The Morgan fingerprint density at radius 3 is 3.05 bits per heavy atom. The Morgan fingerprint density at radius 2 is 2.32 bits per heavy atom. The lowest BCUT2D eigenvalue weighted by atomic mass is 10.0. The second-order valence-corrected chi connectivity index (χ2v) is 5.46. The molecule has 1 heterocycles. The maximum absolute atomic E-state index is 9.02. The highest BCUT2D eigenvalue weighted by molar-refractivity contribution is 6.30. The molecule has 1 aliphatic heterocycles. The highest BCUT2D eigenvalue weighted by Gasteiger charge is 2.18. The van der Waals surface area contributed by atoms with Crippen molar-refractivity contribution in [3.63, 3.8) is 0 Å². The summed E-state index contributed by atoms with van der Waals surface area (Å²) in [4.78, 5) is 2.40.